The normalized spacial score (nSPS) is 15.9. The summed E-state index contributed by atoms with van der Waals surface area (Å²) in [4.78, 5) is 10.8. The van der Waals surface area contributed by atoms with E-state index in [1.165, 1.54) is 18.2 Å². The highest BCUT2D eigenvalue weighted by Crippen LogP contribution is 2.34. The lowest BCUT2D eigenvalue weighted by atomic mass is 10.2. The van der Waals surface area contributed by atoms with E-state index < -0.39 is 18.0 Å². The quantitative estimate of drug-likeness (QED) is 0.821. The zero-order valence-corrected chi connectivity index (χ0v) is 10.3. The number of benzene rings is 1. The molecule has 0 bridgehead atoms. The van der Waals surface area contributed by atoms with Gasteiger partial charge in [0.15, 0.2) is 0 Å². The van der Waals surface area contributed by atoms with Gasteiger partial charge in [-0.2, -0.15) is 0 Å². The fourth-order valence-corrected chi connectivity index (χ4v) is 1.87. The van der Waals surface area contributed by atoms with Crippen LogP contribution < -0.4 is 10.5 Å². The Morgan fingerprint density at radius 1 is 1.53 bits per heavy atom. The fraction of sp³-hybridized carbons (Fsp3) is 0.462. The van der Waals surface area contributed by atoms with Crippen molar-refractivity contribution in [2.75, 3.05) is 6.61 Å². The molecule has 19 heavy (non-hydrogen) atoms. The topological polar surface area (TPSA) is 81.8 Å². The SMILES string of the molecule is NC(=O)O[C@@H](COc1ccc(F)cc1CO)C1CC1. The highest BCUT2D eigenvalue weighted by atomic mass is 19.1. The van der Waals surface area contributed by atoms with Crippen molar-refractivity contribution in [1.29, 1.82) is 0 Å². The maximum Gasteiger partial charge on any atom is 0.404 e. The molecule has 1 fully saturated rings. The summed E-state index contributed by atoms with van der Waals surface area (Å²) in [5, 5.41) is 9.12. The third-order valence-corrected chi connectivity index (χ3v) is 3.01. The Morgan fingerprint density at radius 2 is 2.26 bits per heavy atom. The van der Waals surface area contributed by atoms with Gasteiger partial charge in [-0.1, -0.05) is 0 Å². The van der Waals surface area contributed by atoms with Crippen molar-refractivity contribution in [1.82, 2.24) is 0 Å². The lowest BCUT2D eigenvalue weighted by Crippen LogP contribution is -2.30. The van der Waals surface area contributed by atoms with Gasteiger partial charge in [-0.15, -0.1) is 0 Å². The standard InChI is InChI=1S/C13H16FNO4/c14-10-3-4-11(9(5-10)6-16)18-7-12(8-1-2-8)19-13(15)17/h3-5,8,12,16H,1-2,6-7H2,(H2,15,17)/t12-/m0/s1. The highest BCUT2D eigenvalue weighted by Gasteiger charge is 2.34. The molecule has 0 heterocycles. The second kappa shape index (κ2) is 5.88. The number of amides is 1. The molecule has 2 rings (SSSR count). The largest absolute Gasteiger partial charge is 0.489 e. The Morgan fingerprint density at radius 3 is 2.84 bits per heavy atom. The van der Waals surface area contributed by atoms with Gasteiger partial charge in [-0.3, -0.25) is 0 Å². The van der Waals surface area contributed by atoms with Crippen LogP contribution in [0.4, 0.5) is 9.18 Å². The Bertz CT molecular complexity index is 462. The van der Waals surface area contributed by atoms with Crippen LogP contribution in [0, 0.1) is 11.7 Å². The molecule has 1 aromatic carbocycles. The molecule has 1 aliphatic carbocycles. The number of aliphatic hydroxyl groups excluding tert-OH is 1. The van der Waals surface area contributed by atoms with E-state index >= 15 is 0 Å². The molecule has 0 saturated heterocycles. The molecule has 0 spiro atoms. The molecule has 1 atom stereocenters. The van der Waals surface area contributed by atoms with Crippen LogP contribution in [0.25, 0.3) is 0 Å². The summed E-state index contributed by atoms with van der Waals surface area (Å²) in [5.74, 6) is 0.205. The number of carbonyl (C=O) groups excluding carboxylic acids is 1. The van der Waals surface area contributed by atoms with E-state index in [0.29, 0.717) is 11.3 Å². The predicted molar refractivity (Wildman–Crippen MR) is 65.0 cm³/mol. The second-order valence-electron chi connectivity index (χ2n) is 4.53. The van der Waals surface area contributed by atoms with Crippen LogP contribution in [0.1, 0.15) is 18.4 Å². The number of hydrogen-bond acceptors (Lipinski definition) is 4. The summed E-state index contributed by atoms with van der Waals surface area (Å²) in [7, 11) is 0. The van der Waals surface area contributed by atoms with Crippen molar-refractivity contribution in [3.8, 4) is 5.75 Å². The summed E-state index contributed by atoms with van der Waals surface area (Å²) >= 11 is 0. The van der Waals surface area contributed by atoms with E-state index in [1.54, 1.807) is 0 Å². The van der Waals surface area contributed by atoms with Crippen molar-refractivity contribution >= 4 is 6.09 Å². The van der Waals surface area contributed by atoms with Crippen LogP contribution in [0.3, 0.4) is 0 Å². The van der Waals surface area contributed by atoms with E-state index in [1.807, 2.05) is 0 Å². The minimum absolute atomic E-state index is 0.145. The van der Waals surface area contributed by atoms with Crippen molar-refractivity contribution in [3.63, 3.8) is 0 Å². The first-order chi connectivity index (χ1) is 9.10. The average Bonchev–Trinajstić information content (AvgIpc) is 3.19. The van der Waals surface area contributed by atoms with Crippen molar-refractivity contribution in [2.45, 2.75) is 25.6 Å². The van der Waals surface area contributed by atoms with Gasteiger partial charge in [0.05, 0.1) is 6.61 Å². The minimum atomic E-state index is -0.831. The zero-order valence-electron chi connectivity index (χ0n) is 10.3. The zero-order chi connectivity index (χ0) is 13.8. The number of halogens is 1. The third kappa shape index (κ3) is 3.82. The summed E-state index contributed by atoms with van der Waals surface area (Å²) in [6.45, 7) is -0.176. The minimum Gasteiger partial charge on any atom is -0.489 e. The molecule has 5 nitrogen and oxygen atoms in total. The number of ether oxygens (including phenoxy) is 2. The number of rotatable bonds is 6. The van der Waals surface area contributed by atoms with Gasteiger partial charge >= 0.3 is 6.09 Å². The molecule has 1 amide bonds. The molecule has 0 radical (unpaired) electrons. The number of aliphatic hydroxyl groups is 1. The maximum absolute atomic E-state index is 13.0. The lowest BCUT2D eigenvalue weighted by Gasteiger charge is -2.18. The van der Waals surface area contributed by atoms with E-state index in [-0.39, 0.29) is 19.1 Å². The number of primary amides is 1. The monoisotopic (exact) mass is 269 g/mol. The molecule has 0 unspecified atom stereocenters. The first-order valence-electron chi connectivity index (χ1n) is 6.08. The first kappa shape index (κ1) is 13.6. The van der Waals surface area contributed by atoms with E-state index in [4.69, 9.17) is 20.3 Å². The summed E-state index contributed by atoms with van der Waals surface area (Å²) in [6, 6.07) is 3.89. The predicted octanol–water partition coefficient (Wildman–Crippen LogP) is 1.57. The summed E-state index contributed by atoms with van der Waals surface area (Å²) in [6.07, 6.45) is 0.714. The molecule has 6 heteroatoms. The highest BCUT2D eigenvalue weighted by molar-refractivity contribution is 5.64. The van der Waals surface area contributed by atoms with Gasteiger partial charge < -0.3 is 20.3 Å². The summed E-state index contributed by atoms with van der Waals surface area (Å²) < 4.78 is 23.4. The Labute approximate surface area is 110 Å². The maximum atomic E-state index is 13.0. The van der Waals surface area contributed by atoms with Crippen LogP contribution in [0.15, 0.2) is 18.2 Å². The molecular weight excluding hydrogens is 253 g/mol. The van der Waals surface area contributed by atoms with Crippen LogP contribution in [-0.2, 0) is 11.3 Å². The van der Waals surface area contributed by atoms with Crippen LogP contribution in [0.5, 0.6) is 5.75 Å². The Hall–Kier alpha value is -1.82. The Kier molecular flexibility index (Phi) is 4.21. The van der Waals surface area contributed by atoms with Gasteiger partial charge in [0.25, 0.3) is 0 Å². The van der Waals surface area contributed by atoms with Gasteiger partial charge in [0.2, 0.25) is 0 Å². The molecule has 0 aromatic heterocycles. The number of hydrogen-bond donors (Lipinski definition) is 2. The number of nitrogens with two attached hydrogens (primary N) is 1. The second-order valence-corrected chi connectivity index (χ2v) is 4.53. The molecule has 3 N–H and O–H groups in total. The third-order valence-electron chi connectivity index (χ3n) is 3.01. The fourth-order valence-electron chi connectivity index (χ4n) is 1.87. The molecule has 104 valence electrons. The van der Waals surface area contributed by atoms with Crippen molar-refractivity contribution < 1.29 is 23.8 Å². The van der Waals surface area contributed by atoms with Crippen LogP contribution in [0.2, 0.25) is 0 Å². The van der Waals surface area contributed by atoms with Gasteiger partial charge in [0, 0.05) is 5.56 Å². The summed E-state index contributed by atoms with van der Waals surface area (Å²) in [5.41, 5.74) is 5.35. The van der Waals surface area contributed by atoms with Gasteiger partial charge in [0.1, 0.15) is 24.3 Å². The first-order valence-corrected chi connectivity index (χ1v) is 6.08. The molecule has 1 aromatic rings. The van der Waals surface area contributed by atoms with E-state index in [9.17, 15) is 9.18 Å². The van der Waals surface area contributed by atoms with Crippen molar-refractivity contribution in [3.05, 3.63) is 29.6 Å². The lowest BCUT2D eigenvalue weighted by molar-refractivity contribution is 0.0578. The number of carbonyl (C=O) groups is 1. The molecular formula is C13H16FNO4. The molecule has 1 aliphatic rings. The Balaban J connectivity index is 1.98. The van der Waals surface area contributed by atoms with Crippen LogP contribution in [-0.4, -0.2) is 23.9 Å². The van der Waals surface area contributed by atoms with Crippen molar-refractivity contribution in [2.24, 2.45) is 11.7 Å². The average molecular weight is 269 g/mol. The van der Waals surface area contributed by atoms with Gasteiger partial charge in [-0.25, -0.2) is 9.18 Å². The smallest absolute Gasteiger partial charge is 0.404 e. The van der Waals surface area contributed by atoms with E-state index in [2.05, 4.69) is 0 Å². The van der Waals surface area contributed by atoms with Crippen LogP contribution >= 0.6 is 0 Å². The van der Waals surface area contributed by atoms with E-state index in [0.717, 1.165) is 12.8 Å². The molecule has 1 saturated carbocycles. The van der Waals surface area contributed by atoms with Gasteiger partial charge in [-0.05, 0) is 37.0 Å². The molecule has 0 aliphatic heterocycles.